The molecule has 1 fully saturated rings. The summed E-state index contributed by atoms with van der Waals surface area (Å²) in [6.45, 7) is 4.35. The zero-order valence-corrected chi connectivity index (χ0v) is 21.3. The van der Waals surface area contributed by atoms with Gasteiger partial charge in [0.2, 0.25) is 0 Å². The van der Waals surface area contributed by atoms with Crippen LogP contribution in [0.2, 0.25) is 0 Å². The minimum Gasteiger partial charge on any atom is -0.495 e. The minimum atomic E-state index is -0.151. The first-order valence-corrected chi connectivity index (χ1v) is 12.3. The smallest absolute Gasteiger partial charge is 0.289 e. The summed E-state index contributed by atoms with van der Waals surface area (Å²) in [5.74, 6) is 1.20. The SMILES string of the molecule is COc1ccc(OC)c2sc(N(CCN3CCOCC3)C(=O)c3nc4ccccc4s3)nc12.Cl. The number of nitrogens with zero attached hydrogens (tertiary/aromatic N) is 4. The normalized spacial score (nSPS) is 14.2. The molecular formula is C23H25ClN4O4S2. The summed E-state index contributed by atoms with van der Waals surface area (Å²) in [6.07, 6.45) is 0. The van der Waals surface area contributed by atoms with Gasteiger partial charge < -0.3 is 14.2 Å². The van der Waals surface area contributed by atoms with Crippen molar-refractivity contribution in [2.75, 3.05) is 58.5 Å². The highest BCUT2D eigenvalue weighted by Gasteiger charge is 2.26. The number of morpholine rings is 1. The number of hydrogen-bond acceptors (Lipinski definition) is 9. The quantitative estimate of drug-likeness (QED) is 0.359. The van der Waals surface area contributed by atoms with Crippen LogP contribution in [0.1, 0.15) is 9.80 Å². The van der Waals surface area contributed by atoms with Crippen molar-refractivity contribution in [3.05, 3.63) is 41.4 Å². The summed E-state index contributed by atoms with van der Waals surface area (Å²) in [6, 6.07) is 11.5. The van der Waals surface area contributed by atoms with Crippen LogP contribution in [0.15, 0.2) is 36.4 Å². The van der Waals surface area contributed by atoms with E-state index in [1.165, 1.54) is 22.7 Å². The summed E-state index contributed by atoms with van der Waals surface area (Å²) in [7, 11) is 3.24. The molecule has 1 aliphatic heterocycles. The maximum absolute atomic E-state index is 13.7. The van der Waals surface area contributed by atoms with Crippen molar-refractivity contribution in [1.82, 2.24) is 14.9 Å². The van der Waals surface area contributed by atoms with Gasteiger partial charge in [-0.2, -0.15) is 0 Å². The number of carbonyl (C=O) groups excluding carboxylic acids is 1. The van der Waals surface area contributed by atoms with Crippen LogP contribution in [0, 0.1) is 0 Å². The molecule has 0 spiro atoms. The van der Waals surface area contributed by atoms with Gasteiger partial charge in [-0.1, -0.05) is 23.5 Å². The van der Waals surface area contributed by atoms with Gasteiger partial charge in [0.25, 0.3) is 5.91 Å². The topological polar surface area (TPSA) is 77.0 Å². The van der Waals surface area contributed by atoms with Gasteiger partial charge in [0, 0.05) is 26.2 Å². The molecule has 1 amide bonds. The lowest BCUT2D eigenvalue weighted by atomic mass is 10.3. The number of amides is 1. The molecule has 11 heteroatoms. The monoisotopic (exact) mass is 520 g/mol. The van der Waals surface area contributed by atoms with E-state index in [1.54, 1.807) is 19.1 Å². The Morgan fingerprint density at radius 2 is 1.79 bits per heavy atom. The zero-order chi connectivity index (χ0) is 22.8. The fourth-order valence-electron chi connectivity index (χ4n) is 3.82. The van der Waals surface area contributed by atoms with Crippen molar-refractivity contribution in [1.29, 1.82) is 0 Å². The number of rotatable bonds is 7. The molecule has 1 saturated heterocycles. The van der Waals surface area contributed by atoms with Crippen LogP contribution in [-0.2, 0) is 4.74 Å². The summed E-state index contributed by atoms with van der Waals surface area (Å²) < 4.78 is 18.4. The summed E-state index contributed by atoms with van der Waals surface area (Å²) in [4.78, 5) is 27.1. The molecule has 0 radical (unpaired) electrons. The van der Waals surface area contributed by atoms with Gasteiger partial charge in [-0.15, -0.1) is 23.7 Å². The van der Waals surface area contributed by atoms with Crippen molar-refractivity contribution in [3.8, 4) is 11.5 Å². The minimum absolute atomic E-state index is 0. The number of anilines is 1. The van der Waals surface area contributed by atoms with E-state index in [-0.39, 0.29) is 18.3 Å². The second-order valence-electron chi connectivity index (χ2n) is 7.54. The lowest BCUT2D eigenvalue weighted by Gasteiger charge is -2.28. The van der Waals surface area contributed by atoms with Gasteiger partial charge in [0.1, 0.15) is 21.7 Å². The number of halogens is 1. The van der Waals surface area contributed by atoms with E-state index in [1.807, 2.05) is 36.4 Å². The number of aromatic nitrogens is 2. The van der Waals surface area contributed by atoms with Crippen LogP contribution in [0.5, 0.6) is 11.5 Å². The van der Waals surface area contributed by atoms with Crippen LogP contribution in [0.4, 0.5) is 5.13 Å². The van der Waals surface area contributed by atoms with E-state index < -0.39 is 0 Å². The maximum atomic E-state index is 13.7. The second kappa shape index (κ2) is 10.8. The van der Waals surface area contributed by atoms with Crippen LogP contribution in [0.3, 0.4) is 0 Å². The molecule has 5 rings (SSSR count). The predicted octanol–water partition coefficient (Wildman–Crippen LogP) is 4.32. The molecule has 2 aromatic heterocycles. The van der Waals surface area contributed by atoms with Crippen molar-refractivity contribution >= 4 is 66.6 Å². The Bertz CT molecular complexity index is 1210. The highest BCUT2D eigenvalue weighted by atomic mass is 35.5. The van der Waals surface area contributed by atoms with E-state index in [4.69, 9.17) is 19.2 Å². The molecule has 0 N–H and O–H groups in total. The first-order chi connectivity index (χ1) is 16.2. The lowest BCUT2D eigenvalue weighted by Crippen LogP contribution is -2.43. The fraction of sp³-hybridized carbons (Fsp3) is 0.348. The van der Waals surface area contributed by atoms with E-state index in [0.29, 0.717) is 46.9 Å². The van der Waals surface area contributed by atoms with E-state index in [0.717, 1.165) is 34.6 Å². The molecular weight excluding hydrogens is 496 g/mol. The van der Waals surface area contributed by atoms with Crippen molar-refractivity contribution < 1.29 is 19.0 Å². The molecule has 34 heavy (non-hydrogen) atoms. The van der Waals surface area contributed by atoms with E-state index >= 15 is 0 Å². The second-order valence-corrected chi connectivity index (χ2v) is 9.55. The Balaban J connectivity index is 0.00000274. The zero-order valence-electron chi connectivity index (χ0n) is 18.9. The van der Waals surface area contributed by atoms with Gasteiger partial charge in [-0.25, -0.2) is 9.97 Å². The van der Waals surface area contributed by atoms with Crippen molar-refractivity contribution in [2.24, 2.45) is 0 Å². The van der Waals surface area contributed by atoms with Gasteiger partial charge in [-0.3, -0.25) is 14.6 Å². The molecule has 0 saturated carbocycles. The molecule has 1 aliphatic rings. The van der Waals surface area contributed by atoms with Gasteiger partial charge in [0.15, 0.2) is 10.1 Å². The summed E-state index contributed by atoms with van der Waals surface area (Å²) >= 11 is 2.83. The molecule has 0 unspecified atom stereocenters. The number of ether oxygens (including phenoxy) is 3. The van der Waals surface area contributed by atoms with E-state index in [2.05, 4.69) is 9.88 Å². The number of carbonyl (C=O) groups is 1. The largest absolute Gasteiger partial charge is 0.495 e. The van der Waals surface area contributed by atoms with Crippen molar-refractivity contribution in [2.45, 2.75) is 0 Å². The molecule has 8 nitrogen and oxygen atoms in total. The van der Waals surface area contributed by atoms with Crippen LogP contribution in [0.25, 0.3) is 20.4 Å². The molecule has 4 aromatic rings. The average molecular weight is 521 g/mol. The van der Waals surface area contributed by atoms with E-state index in [9.17, 15) is 4.79 Å². The number of para-hydroxylation sites is 1. The fourth-order valence-corrected chi connectivity index (χ4v) is 5.83. The number of methoxy groups -OCH3 is 2. The summed E-state index contributed by atoms with van der Waals surface area (Å²) in [5.41, 5.74) is 1.51. The van der Waals surface area contributed by atoms with Crippen LogP contribution in [-0.4, -0.2) is 74.4 Å². The Labute approximate surface area is 211 Å². The number of thiazole rings is 2. The molecule has 0 bridgehead atoms. The maximum Gasteiger partial charge on any atom is 0.289 e. The highest BCUT2D eigenvalue weighted by molar-refractivity contribution is 7.23. The molecule has 180 valence electrons. The van der Waals surface area contributed by atoms with Crippen molar-refractivity contribution in [3.63, 3.8) is 0 Å². The predicted molar refractivity (Wildman–Crippen MR) is 139 cm³/mol. The molecule has 3 heterocycles. The van der Waals surface area contributed by atoms with Gasteiger partial charge >= 0.3 is 0 Å². The van der Waals surface area contributed by atoms with Gasteiger partial charge in [-0.05, 0) is 24.3 Å². The van der Waals surface area contributed by atoms with Crippen LogP contribution < -0.4 is 14.4 Å². The number of fused-ring (bicyclic) bond motifs is 2. The standard InChI is InChI=1S/C23H24N4O4S2.ClH/c1-29-16-7-8-17(30-2)20-19(16)25-23(33-20)27(10-9-26-11-13-31-14-12-26)22(28)21-24-15-5-3-4-6-18(15)32-21;/h3-8H,9-14H2,1-2H3;1H. The molecule has 0 atom stereocenters. The van der Waals surface area contributed by atoms with Gasteiger partial charge in [0.05, 0.1) is 37.6 Å². The number of benzene rings is 2. The Morgan fingerprint density at radius 3 is 2.53 bits per heavy atom. The number of hydrogen-bond donors (Lipinski definition) is 0. The average Bonchev–Trinajstić information content (AvgIpc) is 3.49. The third-order valence-electron chi connectivity index (χ3n) is 5.60. The molecule has 2 aromatic carbocycles. The Morgan fingerprint density at radius 1 is 1.06 bits per heavy atom. The Kier molecular flexibility index (Phi) is 7.84. The highest BCUT2D eigenvalue weighted by Crippen LogP contribution is 2.40. The first-order valence-electron chi connectivity index (χ1n) is 10.7. The first kappa shape index (κ1) is 24.6. The molecule has 0 aliphatic carbocycles. The lowest BCUT2D eigenvalue weighted by molar-refractivity contribution is 0.0391. The summed E-state index contributed by atoms with van der Waals surface area (Å²) in [5, 5.41) is 1.06. The third kappa shape index (κ3) is 4.82. The Hall–Kier alpha value is -2.50. The third-order valence-corrected chi connectivity index (χ3v) is 7.71. The van der Waals surface area contributed by atoms with Crippen LogP contribution >= 0.6 is 35.1 Å².